The molecular weight excluding hydrogens is 248 g/mol. The van der Waals surface area contributed by atoms with E-state index in [-0.39, 0.29) is 0 Å². The quantitative estimate of drug-likeness (QED) is 0.775. The third-order valence-electron chi connectivity index (χ3n) is 3.78. The van der Waals surface area contributed by atoms with Crippen LogP contribution >= 0.6 is 0 Å². The van der Waals surface area contributed by atoms with Gasteiger partial charge in [0.1, 0.15) is 0 Å². The Hall–Kier alpha value is -1.09. The number of nitrogens with zero attached hydrogens (tertiary/aromatic N) is 2. The molecule has 0 aliphatic rings. The second-order valence-corrected chi connectivity index (χ2v) is 5.88. The van der Waals surface area contributed by atoms with Crippen LogP contribution in [-0.2, 0) is 0 Å². The lowest BCUT2D eigenvalue weighted by Crippen LogP contribution is -2.37. The van der Waals surface area contributed by atoms with Crippen LogP contribution in [-0.4, -0.2) is 22.7 Å². The fourth-order valence-electron chi connectivity index (χ4n) is 2.56. The van der Waals surface area contributed by atoms with E-state index in [9.17, 15) is 5.11 Å². The van der Waals surface area contributed by atoms with Gasteiger partial charge in [-0.2, -0.15) is 0 Å². The standard InChI is InChI=1S/C17H30N2O/c1-6-14(7-2)19(12-13(4)5)15-9-10-16(18-11-15)17(20)8-3/h9-11,13-14,17,20H,6-8,12H2,1-5H3/t17-/m0/s1. The molecule has 0 radical (unpaired) electrons. The lowest BCUT2D eigenvalue weighted by atomic mass is 10.1. The van der Waals surface area contributed by atoms with E-state index in [4.69, 9.17) is 0 Å². The number of aromatic nitrogens is 1. The first-order valence-corrected chi connectivity index (χ1v) is 7.94. The summed E-state index contributed by atoms with van der Waals surface area (Å²) in [6.07, 6.45) is 4.45. The van der Waals surface area contributed by atoms with Crippen LogP contribution in [0.25, 0.3) is 0 Å². The van der Waals surface area contributed by atoms with Gasteiger partial charge in [0.05, 0.1) is 23.7 Å². The zero-order valence-corrected chi connectivity index (χ0v) is 13.6. The maximum Gasteiger partial charge on any atom is 0.0957 e. The van der Waals surface area contributed by atoms with Crippen molar-refractivity contribution in [3.63, 3.8) is 0 Å². The maximum atomic E-state index is 9.83. The van der Waals surface area contributed by atoms with Gasteiger partial charge in [0, 0.05) is 12.6 Å². The molecule has 0 fully saturated rings. The molecule has 1 atom stereocenters. The van der Waals surface area contributed by atoms with Crippen molar-refractivity contribution in [3.05, 3.63) is 24.0 Å². The van der Waals surface area contributed by atoms with Crippen molar-refractivity contribution in [1.82, 2.24) is 4.98 Å². The molecule has 0 unspecified atom stereocenters. The van der Waals surface area contributed by atoms with Crippen LogP contribution in [0.2, 0.25) is 0 Å². The van der Waals surface area contributed by atoms with Crippen molar-refractivity contribution < 1.29 is 5.11 Å². The molecule has 0 amide bonds. The average molecular weight is 278 g/mol. The average Bonchev–Trinajstić information content (AvgIpc) is 2.46. The van der Waals surface area contributed by atoms with Crippen LogP contribution in [0.1, 0.15) is 65.7 Å². The first-order chi connectivity index (χ1) is 9.53. The Bertz CT molecular complexity index is 371. The summed E-state index contributed by atoms with van der Waals surface area (Å²) in [4.78, 5) is 6.90. The summed E-state index contributed by atoms with van der Waals surface area (Å²) in [5.74, 6) is 0.622. The minimum atomic E-state index is -0.448. The monoisotopic (exact) mass is 278 g/mol. The van der Waals surface area contributed by atoms with E-state index >= 15 is 0 Å². The minimum absolute atomic E-state index is 0.448. The third-order valence-corrected chi connectivity index (χ3v) is 3.78. The van der Waals surface area contributed by atoms with Crippen LogP contribution in [0.4, 0.5) is 5.69 Å². The van der Waals surface area contributed by atoms with E-state index in [0.717, 1.165) is 25.1 Å². The predicted molar refractivity (Wildman–Crippen MR) is 86.0 cm³/mol. The molecule has 0 spiro atoms. The lowest BCUT2D eigenvalue weighted by molar-refractivity contribution is 0.169. The summed E-state index contributed by atoms with van der Waals surface area (Å²) in [5.41, 5.74) is 1.93. The highest BCUT2D eigenvalue weighted by Gasteiger charge is 2.17. The van der Waals surface area contributed by atoms with Crippen molar-refractivity contribution in [2.24, 2.45) is 5.92 Å². The van der Waals surface area contributed by atoms with Gasteiger partial charge in [-0.25, -0.2) is 0 Å². The number of pyridine rings is 1. The highest BCUT2D eigenvalue weighted by molar-refractivity contribution is 5.46. The van der Waals surface area contributed by atoms with E-state index in [0.29, 0.717) is 18.4 Å². The van der Waals surface area contributed by atoms with Crippen molar-refractivity contribution in [3.8, 4) is 0 Å². The Kier molecular flexibility index (Phi) is 7.00. The SMILES string of the molecule is CCC(CC)N(CC(C)C)c1ccc([C@@H](O)CC)nc1. The Morgan fingerprint density at radius 1 is 1.10 bits per heavy atom. The van der Waals surface area contributed by atoms with E-state index < -0.39 is 6.10 Å². The number of anilines is 1. The van der Waals surface area contributed by atoms with Crippen LogP contribution in [0.15, 0.2) is 18.3 Å². The summed E-state index contributed by atoms with van der Waals surface area (Å²) < 4.78 is 0. The van der Waals surface area contributed by atoms with Gasteiger partial charge in [-0.1, -0.05) is 34.6 Å². The smallest absolute Gasteiger partial charge is 0.0957 e. The fraction of sp³-hybridized carbons (Fsp3) is 0.706. The number of hydrogen-bond acceptors (Lipinski definition) is 3. The summed E-state index contributed by atoms with van der Waals surface area (Å²) in [5, 5.41) is 9.83. The molecule has 0 saturated carbocycles. The Morgan fingerprint density at radius 3 is 2.15 bits per heavy atom. The van der Waals surface area contributed by atoms with Gasteiger partial charge < -0.3 is 10.0 Å². The summed E-state index contributed by atoms with van der Waals surface area (Å²) in [7, 11) is 0. The largest absolute Gasteiger partial charge is 0.387 e. The first kappa shape index (κ1) is 17.0. The van der Waals surface area contributed by atoms with Gasteiger partial charge in [-0.3, -0.25) is 4.98 Å². The molecular formula is C17H30N2O. The number of aliphatic hydroxyl groups excluding tert-OH is 1. The molecule has 3 heteroatoms. The Morgan fingerprint density at radius 2 is 1.75 bits per heavy atom. The zero-order valence-electron chi connectivity index (χ0n) is 13.6. The molecule has 1 aromatic rings. The molecule has 0 saturated heterocycles. The normalized spacial score (nSPS) is 13.0. The summed E-state index contributed by atoms with van der Waals surface area (Å²) >= 11 is 0. The van der Waals surface area contributed by atoms with Crippen LogP contribution < -0.4 is 4.90 Å². The second-order valence-electron chi connectivity index (χ2n) is 5.88. The van der Waals surface area contributed by atoms with Gasteiger partial charge in [0.25, 0.3) is 0 Å². The van der Waals surface area contributed by atoms with Crippen LogP contribution in [0.3, 0.4) is 0 Å². The lowest BCUT2D eigenvalue weighted by Gasteiger charge is -2.34. The number of hydrogen-bond donors (Lipinski definition) is 1. The molecule has 1 aromatic heterocycles. The van der Waals surface area contributed by atoms with Crippen LogP contribution in [0, 0.1) is 5.92 Å². The number of aliphatic hydroxyl groups is 1. The topological polar surface area (TPSA) is 36.4 Å². The van der Waals surface area contributed by atoms with E-state index in [2.05, 4.69) is 43.6 Å². The minimum Gasteiger partial charge on any atom is -0.387 e. The second kappa shape index (κ2) is 8.25. The van der Waals surface area contributed by atoms with Crippen molar-refractivity contribution in [2.75, 3.05) is 11.4 Å². The Balaban J connectivity index is 2.95. The van der Waals surface area contributed by atoms with Gasteiger partial charge in [0.2, 0.25) is 0 Å². The van der Waals surface area contributed by atoms with E-state index in [1.54, 1.807) is 0 Å². The van der Waals surface area contributed by atoms with E-state index in [1.807, 2.05) is 19.2 Å². The van der Waals surface area contributed by atoms with Gasteiger partial charge in [0.15, 0.2) is 0 Å². The molecule has 3 nitrogen and oxygen atoms in total. The van der Waals surface area contributed by atoms with Crippen molar-refractivity contribution >= 4 is 5.69 Å². The highest BCUT2D eigenvalue weighted by Crippen LogP contribution is 2.23. The van der Waals surface area contributed by atoms with Crippen molar-refractivity contribution in [2.45, 2.75) is 66.0 Å². The molecule has 0 aromatic carbocycles. The zero-order chi connectivity index (χ0) is 15.1. The highest BCUT2D eigenvalue weighted by atomic mass is 16.3. The molecule has 1 N–H and O–H groups in total. The summed E-state index contributed by atoms with van der Waals surface area (Å²) in [6, 6.07) is 4.61. The van der Waals surface area contributed by atoms with Gasteiger partial charge in [-0.05, 0) is 37.3 Å². The third kappa shape index (κ3) is 4.48. The molecule has 1 heterocycles. The van der Waals surface area contributed by atoms with Crippen molar-refractivity contribution in [1.29, 1.82) is 0 Å². The number of rotatable bonds is 8. The molecule has 20 heavy (non-hydrogen) atoms. The molecule has 114 valence electrons. The van der Waals surface area contributed by atoms with E-state index in [1.165, 1.54) is 5.69 Å². The predicted octanol–water partition coefficient (Wildman–Crippen LogP) is 4.18. The molecule has 1 rings (SSSR count). The van der Waals surface area contributed by atoms with Gasteiger partial charge in [-0.15, -0.1) is 0 Å². The Labute approximate surface area is 124 Å². The molecule has 0 aliphatic heterocycles. The molecule has 0 aliphatic carbocycles. The fourth-order valence-corrected chi connectivity index (χ4v) is 2.56. The maximum absolute atomic E-state index is 9.83. The summed E-state index contributed by atoms with van der Waals surface area (Å²) in [6.45, 7) is 12.0. The van der Waals surface area contributed by atoms with Crippen LogP contribution in [0.5, 0.6) is 0 Å². The van der Waals surface area contributed by atoms with Gasteiger partial charge >= 0.3 is 0 Å². The molecule has 0 bridgehead atoms. The first-order valence-electron chi connectivity index (χ1n) is 7.94.